The van der Waals surface area contributed by atoms with Gasteiger partial charge in [0.15, 0.2) is 0 Å². The highest BCUT2D eigenvalue weighted by molar-refractivity contribution is 5.80. The van der Waals surface area contributed by atoms with Gasteiger partial charge in [0.2, 0.25) is 5.91 Å². The van der Waals surface area contributed by atoms with Crippen LogP contribution in [0.15, 0.2) is 23.1 Å². The summed E-state index contributed by atoms with van der Waals surface area (Å²) >= 11 is 0. The fourth-order valence-electron chi connectivity index (χ4n) is 1.74. The van der Waals surface area contributed by atoms with Gasteiger partial charge in [-0.3, -0.25) is 9.59 Å². The molecule has 0 spiro atoms. The van der Waals surface area contributed by atoms with Crippen molar-refractivity contribution in [3.8, 4) is 0 Å². The van der Waals surface area contributed by atoms with Crippen molar-refractivity contribution in [1.29, 1.82) is 0 Å². The third-order valence-corrected chi connectivity index (χ3v) is 2.97. The lowest BCUT2D eigenvalue weighted by Gasteiger charge is -2.07. The van der Waals surface area contributed by atoms with Crippen molar-refractivity contribution in [2.24, 2.45) is 5.92 Å². The van der Waals surface area contributed by atoms with Crippen molar-refractivity contribution in [2.45, 2.75) is 32.7 Å². The second kappa shape index (κ2) is 5.17. The Morgan fingerprint density at radius 2 is 2.29 bits per heavy atom. The third-order valence-electron chi connectivity index (χ3n) is 2.97. The largest absolute Gasteiger partial charge is 0.356 e. The second-order valence-electron chi connectivity index (χ2n) is 4.65. The fourth-order valence-corrected chi connectivity index (χ4v) is 1.74. The van der Waals surface area contributed by atoms with Crippen LogP contribution in [0.2, 0.25) is 0 Å². The van der Waals surface area contributed by atoms with Crippen LogP contribution in [0.5, 0.6) is 0 Å². The van der Waals surface area contributed by atoms with E-state index in [1.54, 1.807) is 16.8 Å². The molecule has 1 amide bonds. The first kappa shape index (κ1) is 11.9. The molecule has 0 unspecified atom stereocenters. The van der Waals surface area contributed by atoms with Gasteiger partial charge in [-0.2, -0.15) is 0 Å². The van der Waals surface area contributed by atoms with E-state index >= 15 is 0 Å². The Morgan fingerprint density at radius 1 is 1.53 bits per heavy atom. The summed E-state index contributed by atoms with van der Waals surface area (Å²) in [6.07, 6.45) is 4.66. The Labute approximate surface area is 101 Å². The summed E-state index contributed by atoms with van der Waals surface area (Å²) in [6, 6.07) is 3.55. The van der Waals surface area contributed by atoms with Crippen LogP contribution in [-0.4, -0.2) is 17.0 Å². The van der Waals surface area contributed by atoms with Crippen molar-refractivity contribution >= 4 is 5.91 Å². The minimum Gasteiger partial charge on any atom is -0.356 e. The highest BCUT2D eigenvalue weighted by Crippen LogP contribution is 2.28. The Balaban J connectivity index is 1.74. The van der Waals surface area contributed by atoms with Crippen LogP contribution < -0.4 is 10.9 Å². The quantitative estimate of drug-likeness (QED) is 0.775. The van der Waals surface area contributed by atoms with Gasteiger partial charge in [-0.05, 0) is 37.8 Å². The van der Waals surface area contributed by atoms with Crippen LogP contribution >= 0.6 is 0 Å². The molecular formula is C13H18N2O2. The van der Waals surface area contributed by atoms with Crippen LogP contribution in [0, 0.1) is 12.8 Å². The van der Waals surface area contributed by atoms with Crippen LogP contribution in [0.3, 0.4) is 0 Å². The molecular weight excluding hydrogens is 216 g/mol. The van der Waals surface area contributed by atoms with Gasteiger partial charge < -0.3 is 9.88 Å². The molecule has 4 heteroatoms. The van der Waals surface area contributed by atoms with E-state index in [0.717, 1.165) is 24.8 Å². The molecule has 1 aliphatic carbocycles. The number of nitrogens with zero attached hydrogens (tertiary/aromatic N) is 1. The topological polar surface area (TPSA) is 51.1 Å². The smallest absolute Gasteiger partial charge is 0.250 e. The van der Waals surface area contributed by atoms with E-state index in [1.807, 2.05) is 13.0 Å². The first-order valence-electron chi connectivity index (χ1n) is 6.11. The van der Waals surface area contributed by atoms with Crippen molar-refractivity contribution < 1.29 is 4.79 Å². The van der Waals surface area contributed by atoms with Gasteiger partial charge in [-0.25, -0.2) is 0 Å². The highest BCUT2D eigenvalue weighted by Gasteiger charge is 2.28. The predicted octanol–water partition coefficient (Wildman–Crippen LogP) is 1.07. The first-order chi connectivity index (χ1) is 8.16. The maximum absolute atomic E-state index is 11.6. The molecule has 1 heterocycles. The molecule has 92 valence electrons. The van der Waals surface area contributed by atoms with Gasteiger partial charge in [-0.15, -0.1) is 0 Å². The molecule has 1 saturated carbocycles. The summed E-state index contributed by atoms with van der Waals surface area (Å²) < 4.78 is 1.68. The van der Waals surface area contributed by atoms with E-state index in [0.29, 0.717) is 13.1 Å². The van der Waals surface area contributed by atoms with Crippen molar-refractivity contribution in [2.75, 3.05) is 6.54 Å². The maximum atomic E-state index is 11.6. The number of nitrogens with one attached hydrogen (secondary N) is 1. The van der Waals surface area contributed by atoms with Crippen molar-refractivity contribution in [3.63, 3.8) is 0 Å². The van der Waals surface area contributed by atoms with Gasteiger partial charge >= 0.3 is 0 Å². The zero-order valence-electron chi connectivity index (χ0n) is 10.1. The molecule has 1 N–H and O–H groups in total. The molecule has 1 aliphatic rings. The van der Waals surface area contributed by atoms with Crippen LogP contribution in [0.4, 0.5) is 0 Å². The number of aromatic nitrogens is 1. The molecule has 1 aromatic rings. The molecule has 0 bridgehead atoms. The summed E-state index contributed by atoms with van der Waals surface area (Å²) in [5.74, 6) is 0.429. The van der Waals surface area contributed by atoms with E-state index < -0.39 is 0 Å². The fraction of sp³-hybridized carbons (Fsp3) is 0.538. The minimum absolute atomic E-state index is 0.0264. The summed E-state index contributed by atoms with van der Waals surface area (Å²) in [5.41, 5.74) is 1.01. The van der Waals surface area contributed by atoms with Gasteiger partial charge in [0.1, 0.15) is 0 Å². The minimum atomic E-state index is 0.0264. The molecule has 0 aliphatic heterocycles. The summed E-state index contributed by atoms with van der Waals surface area (Å²) in [6.45, 7) is 3.21. The zero-order valence-corrected chi connectivity index (χ0v) is 10.1. The zero-order chi connectivity index (χ0) is 12.3. The average Bonchev–Trinajstić information content (AvgIpc) is 3.10. The second-order valence-corrected chi connectivity index (χ2v) is 4.65. The number of carbonyl (C=O) groups excluding carboxylic acids is 1. The van der Waals surface area contributed by atoms with E-state index in [1.165, 1.54) is 0 Å². The van der Waals surface area contributed by atoms with E-state index in [-0.39, 0.29) is 17.4 Å². The van der Waals surface area contributed by atoms with Gasteiger partial charge in [-0.1, -0.05) is 0 Å². The number of aryl methyl sites for hydroxylation is 2. The summed E-state index contributed by atoms with van der Waals surface area (Å²) in [7, 11) is 0. The summed E-state index contributed by atoms with van der Waals surface area (Å²) in [5, 5.41) is 2.89. The van der Waals surface area contributed by atoms with E-state index in [9.17, 15) is 9.59 Å². The van der Waals surface area contributed by atoms with Gasteiger partial charge in [0, 0.05) is 31.3 Å². The Kier molecular flexibility index (Phi) is 3.61. The number of rotatable bonds is 5. The highest BCUT2D eigenvalue weighted by atomic mass is 16.2. The molecule has 4 nitrogen and oxygen atoms in total. The van der Waals surface area contributed by atoms with E-state index in [2.05, 4.69) is 5.32 Å². The van der Waals surface area contributed by atoms with Crippen LogP contribution in [0.25, 0.3) is 0 Å². The SMILES string of the molecule is Cc1ccn(CCCNC(=O)C2CC2)c(=O)c1. The average molecular weight is 234 g/mol. The van der Waals surface area contributed by atoms with Crippen LogP contribution in [-0.2, 0) is 11.3 Å². The monoisotopic (exact) mass is 234 g/mol. The van der Waals surface area contributed by atoms with Gasteiger partial charge in [0.05, 0.1) is 0 Å². The number of hydrogen-bond acceptors (Lipinski definition) is 2. The molecule has 17 heavy (non-hydrogen) atoms. The molecule has 0 atom stereocenters. The molecule has 0 radical (unpaired) electrons. The maximum Gasteiger partial charge on any atom is 0.250 e. The number of hydrogen-bond donors (Lipinski definition) is 1. The molecule has 1 aromatic heterocycles. The molecule has 0 saturated heterocycles. The van der Waals surface area contributed by atoms with Crippen molar-refractivity contribution in [3.05, 3.63) is 34.2 Å². The van der Waals surface area contributed by atoms with Crippen LogP contribution in [0.1, 0.15) is 24.8 Å². The molecule has 2 rings (SSSR count). The van der Waals surface area contributed by atoms with Crippen molar-refractivity contribution in [1.82, 2.24) is 9.88 Å². The lowest BCUT2D eigenvalue weighted by molar-refractivity contribution is -0.122. The number of amides is 1. The third kappa shape index (κ3) is 3.44. The molecule has 1 fully saturated rings. The Bertz CT molecular complexity index is 461. The normalized spacial score (nSPS) is 14.6. The predicted molar refractivity (Wildman–Crippen MR) is 65.8 cm³/mol. The standard InChI is InChI=1S/C13H18N2O2/c1-10-5-8-15(12(16)9-10)7-2-6-14-13(17)11-3-4-11/h5,8-9,11H,2-4,6-7H2,1H3,(H,14,17). The Hall–Kier alpha value is -1.58. The van der Waals surface area contributed by atoms with E-state index in [4.69, 9.17) is 0 Å². The number of carbonyl (C=O) groups is 1. The number of pyridine rings is 1. The lowest BCUT2D eigenvalue weighted by Crippen LogP contribution is -2.27. The molecule has 0 aromatic carbocycles. The first-order valence-corrected chi connectivity index (χ1v) is 6.11. The van der Waals surface area contributed by atoms with Gasteiger partial charge in [0.25, 0.3) is 5.56 Å². The summed E-state index contributed by atoms with van der Waals surface area (Å²) in [4.78, 5) is 22.9. The lowest BCUT2D eigenvalue weighted by atomic mass is 10.3. The Morgan fingerprint density at radius 3 is 2.94 bits per heavy atom.